The molecule has 0 radical (unpaired) electrons. The Balaban J connectivity index is 1.13. The fourth-order valence-electron chi connectivity index (χ4n) is 6.79. The van der Waals surface area contributed by atoms with Gasteiger partial charge >= 0.3 is 6.03 Å². The first-order chi connectivity index (χ1) is 16.6. The Morgan fingerprint density at radius 2 is 1.94 bits per heavy atom. The second-order valence-electron chi connectivity index (χ2n) is 10.7. The summed E-state index contributed by atoms with van der Waals surface area (Å²) in [6.45, 7) is 5.98. The molecule has 1 aromatic carbocycles. The van der Waals surface area contributed by atoms with Crippen LogP contribution in [0, 0.1) is 18.8 Å². The number of benzene rings is 1. The Hall–Kier alpha value is -2.48. The lowest BCUT2D eigenvalue weighted by molar-refractivity contribution is 0.0523. The number of urea groups is 1. The summed E-state index contributed by atoms with van der Waals surface area (Å²) in [5.41, 5.74) is 10.8. The lowest BCUT2D eigenvalue weighted by Crippen LogP contribution is -2.64. The maximum Gasteiger partial charge on any atom is 0.317 e. The van der Waals surface area contributed by atoms with Crippen molar-refractivity contribution in [1.29, 1.82) is 0 Å². The maximum absolute atomic E-state index is 13.2. The Kier molecular flexibility index (Phi) is 6.01. The van der Waals surface area contributed by atoms with Crippen LogP contribution in [-0.4, -0.2) is 58.6 Å². The fourth-order valence-corrected chi connectivity index (χ4v) is 6.79. The van der Waals surface area contributed by atoms with Crippen LogP contribution in [0.5, 0.6) is 0 Å². The number of piperidine rings is 1. The van der Waals surface area contributed by atoms with Crippen LogP contribution < -0.4 is 16.2 Å². The van der Waals surface area contributed by atoms with Crippen molar-refractivity contribution in [2.24, 2.45) is 11.8 Å². The van der Waals surface area contributed by atoms with Gasteiger partial charge < -0.3 is 10.2 Å². The Morgan fingerprint density at radius 1 is 1.06 bits per heavy atom. The molecule has 0 spiro atoms. The smallest absolute Gasteiger partial charge is 0.317 e. The summed E-state index contributed by atoms with van der Waals surface area (Å²) < 4.78 is 0. The molecule has 4 aliphatic rings. The number of nitrogens with one attached hydrogen (secondary N) is 3. The molecule has 0 bridgehead atoms. The highest BCUT2D eigenvalue weighted by Gasteiger charge is 2.48. The number of rotatable bonds is 4. The van der Waals surface area contributed by atoms with Gasteiger partial charge in [0.05, 0.1) is 6.04 Å². The van der Waals surface area contributed by atoms with E-state index in [0.29, 0.717) is 30.0 Å². The quantitative estimate of drug-likeness (QED) is 0.654. The zero-order chi connectivity index (χ0) is 23.1. The Bertz CT molecular complexity index is 1020. The number of aromatic nitrogens is 1. The van der Waals surface area contributed by atoms with E-state index in [4.69, 9.17) is 0 Å². The lowest BCUT2D eigenvalue weighted by Gasteiger charge is -2.49. The maximum atomic E-state index is 13.2. The molecule has 2 aromatic rings. The normalized spacial score (nSPS) is 33.8. The molecule has 1 saturated carbocycles. The molecule has 7 heteroatoms. The standard InChI is InChI=1S/C27H36N6O/c1-18-12-20(9-10-28-18)26-23-13-21-16-33(27(34)29-24(21)14-25(23)30-31-26)22-8-5-11-32(17-22)15-19-6-3-2-4-7-19/h2-4,6-7,9-10,12,21-26,30-31H,5,8,11,13-17H2,1H3,(H,29,34)/t21?,22-,23?,24?,25?,26?/m1/s1. The van der Waals surface area contributed by atoms with Crippen LogP contribution in [0.1, 0.15) is 48.5 Å². The molecule has 5 unspecified atom stereocenters. The molecule has 3 saturated heterocycles. The van der Waals surface area contributed by atoms with Gasteiger partial charge in [0.2, 0.25) is 0 Å². The number of carbonyl (C=O) groups excluding carboxylic acids is 1. The molecule has 34 heavy (non-hydrogen) atoms. The second kappa shape index (κ2) is 9.29. The van der Waals surface area contributed by atoms with E-state index in [2.05, 4.69) is 80.3 Å². The van der Waals surface area contributed by atoms with Crippen LogP contribution >= 0.6 is 0 Å². The zero-order valence-corrected chi connectivity index (χ0v) is 20.0. The second-order valence-corrected chi connectivity index (χ2v) is 10.7. The molecular weight excluding hydrogens is 424 g/mol. The van der Waals surface area contributed by atoms with Gasteiger partial charge in [-0.2, -0.15) is 0 Å². The Labute approximate surface area is 202 Å². The summed E-state index contributed by atoms with van der Waals surface area (Å²) in [7, 11) is 0. The van der Waals surface area contributed by atoms with Crippen LogP contribution in [-0.2, 0) is 6.54 Å². The average Bonchev–Trinajstić information content (AvgIpc) is 3.26. The van der Waals surface area contributed by atoms with Gasteiger partial charge in [0.1, 0.15) is 0 Å². The van der Waals surface area contributed by atoms with Gasteiger partial charge in [0.15, 0.2) is 0 Å². The minimum absolute atomic E-state index is 0.138. The summed E-state index contributed by atoms with van der Waals surface area (Å²) in [5, 5.41) is 3.40. The number of nitrogens with zero attached hydrogens (tertiary/aromatic N) is 3. The number of aryl methyl sites for hydroxylation is 1. The molecule has 1 aromatic heterocycles. The van der Waals surface area contributed by atoms with Crippen molar-refractivity contribution in [2.45, 2.75) is 63.3 Å². The topological polar surface area (TPSA) is 72.5 Å². The third-order valence-electron chi connectivity index (χ3n) is 8.47. The van der Waals surface area contributed by atoms with Gasteiger partial charge in [-0.3, -0.25) is 15.3 Å². The van der Waals surface area contributed by atoms with Gasteiger partial charge in [-0.25, -0.2) is 10.2 Å². The average molecular weight is 461 g/mol. The highest BCUT2D eigenvalue weighted by Crippen LogP contribution is 2.42. The number of pyridine rings is 1. The summed E-state index contributed by atoms with van der Waals surface area (Å²) in [5.74, 6) is 1.02. The van der Waals surface area contributed by atoms with Crippen LogP contribution in [0.15, 0.2) is 48.7 Å². The first-order valence-corrected chi connectivity index (χ1v) is 12.9. The molecule has 2 amide bonds. The molecule has 4 fully saturated rings. The summed E-state index contributed by atoms with van der Waals surface area (Å²) in [6.07, 6.45) is 6.28. The predicted octanol–water partition coefficient (Wildman–Crippen LogP) is 2.99. The van der Waals surface area contributed by atoms with Gasteiger partial charge in [-0.1, -0.05) is 30.3 Å². The summed E-state index contributed by atoms with van der Waals surface area (Å²) in [4.78, 5) is 22.2. The summed E-state index contributed by atoms with van der Waals surface area (Å²) in [6, 6.07) is 16.4. The van der Waals surface area contributed by atoms with Gasteiger partial charge in [0.25, 0.3) is 0 Å². The number of hydrazine groups is 1. The number of likely N-dealkylation sites (tertiary alicyclic amines) is 1. The van der Waals surface area contributed by atoms with Crippen LogP contribution in [0.3, 0.4) is 0 Å². The number of amides is 2. The van der Waals surface area contributed by atoms with E-state index in [1.807, 2.05) is 6.20 Å². The number of hydrogen-bond acceptors (Lipinski definition) is 5. The number of carbonyl (C=O) groups is 1. The third-order valence-corrected chi connectivity index (χ3v) is 8.47. The minimum atomic E-state index is 0.138. The van der Waals surface area contributed by atoms with E-state index in [1.165, 1.54) is 11.1 Å². The molecular formula is C27H36N6O. The number of fused-ring (bicyclic) bond motifs is 2. The van der Waals surface area contributed by atoms with E-state index in [9.17, 15) is 4.79 Å². The van der Waals surface area contributed by atoms with E-state index >= 15 is 0 Å². The fraction of sp³-hybridized carbons (Fsp3) is 0.556. The predicted molar refractivity (Wildman–Crippen MR) is 132 cm³/mol. The van der Waals surface area contributed by atoms with Crippen LogP contribution in [0.4, 0.5) is 4.79 Å². The van der Waals surface area contributed by atoms with Crippen molar-refractivity contribution < 1.29 is 4.79 Å². The molecule has 6 rings (SSSR count). The van der Waals surface area contributed by atoms with Crippen molar-refractivity contribution in [3.63, 3.8) is 0 Å². The molecule has 3 aliphatic heterocycles. The first kappa shape index (κ1) is 22.0. The highest BCUT2D eigenvalue weighted by atomic mass is 16.2. The lowest BCUT2D eigenvalue weighted by atomic mass is 9.71. The highest BCUT2D eigenvalue weighted by molar-refractivity contribution is 5.76. The van der Waals surface area contributed by atoms with Crippen molar-refractivity contribution >= 4 is 6.03 Å². The molecule has 4 heterocycles. The molecule has 1 aliphatic carbocycles. The van der Waals surface area contributed by atoms with Gasteiger partial charge in [-0.05, 0) is 74.2 Å². The monoisotopic (exact) mass is 460 g/mol. The third kappa shape index (κ3) is 4.32. The van der Waals surface area contributed by atoms with E-state index in [1.54, 1.807) is 0 Å². The number of hydrogen-bond donors (Lipinski definition) is 3. The molecule has 3 N–H and O–H groups in total. The van der Waals surface area contributed by atoms with Crippen molar-refractivity contribution in [3.05, 3.63) is 65.5 Å². The Morgan fingerprint density at radius 3 is 2.79 bits per heavy atom. The summed E-state index contributed by atoms with van der Waals surface area (Å²) >= 11 is 0. The molecule has 180 valence electrons. The first-order valence-electron chi connectivity index (χ1n) is 12.9. The van der Waals surface area contributed by atoms with E-state index < -0.39 is 0 Å². The minimum Gasteiger partial charge on any atom is -0.335 e. The van der Waals surface area contributed by atoms with E-state index in [0.717, 1.165) is 57.6 Å². The van der Waals surface area contributed by atoms with Crippen LogP contribution in [0.25, 0.3) is 0 Å². The zero-order valence-electron chi connectivity index (χ0n) is 20.0. The molecule has 7 nitrogen and oxygen atoms in total. The van der Waals surface area contributed by atoms with Crippen molar-refractivity contribution in [1.82, 2.24) is 31.0 Å². The van der Waals surface area contributed by atoms with Crippen molar-refractivity contribution in [3.8, 4) is 0 Å². The largest absolute Gasteiger partial charge is 0.335 e. The van der Waals surface area contributed by atoms with Crippen molar-refractivity contribution in [2.75, 3.05) is 19.6 Å². The molecule has 6 atom stereocenters. The van der Waals surface area contributed by atoms with E-state index in [-0.39, 0.29) is 12.1 Å². The van der Waals surface area contributed by atoms with Gasteiger partial charge in [-0.15, -0.1) is 0 Å². The van der Waals surface area contributed by atoms with Crippen LogP contribution in [0.2, 0.25) is 0 Å². The van der Waals surface area contributed by atoms with Gasteiger partial charge in [0, 0.05) is 49.7 Å². The SMILES string of the molecule is Cc1cc(C2NNC3CC4NC(=O)N([C@@H]5CCCN(Cc6ccccc6)C5)CC4CC32)ccn1.